The Morgan fingerprint density at radius 2 is 2.24 bits per heavy atom. The van der Waals surface area contributed by atoms with Gasteiger partial charge in [0.15, 0.2) is 5.82 Å². The summed E-state index contributed by atoms with van der Waals surface area (Å²) in [6.45, 7) is 8.50. The molecule has 21 heavy (non-hydrogen) atoms. The molecule has 6 nitrogen and oxygen atoms in total. The first-order chi connectivity index (χ1) is 10.1. The number of hydrogen-bond acceptors (Lipinski definition) is 5. The maximum atomic E-state index is 5.83. The second kappa shape index (κ2) is 5.61. The zero-order valence-electron chi connectivity index (χ0n) is 12.9. The number of fused-ring (bicyclic) bond motifs is 1. The van der Waals surface area contributed by atoms with Crippen LogP contribution >= 0.6 is 0 Å². The molecule has 6 heteroatoms. The van der Waals surface area contributed by atoms with E-state index in [1.54, 1.807) is 6.20 Å². The van der Waals surface area contributed by atoms with E-state index in [2.05, 4.69) is 41.8 Å². The lowest BCUT2D eigenvalue weighted by Gasteiger charge is -2.37. The van der Waals surface area contributed by atoms with E-state index in [1.165, 1.54) is 0 Å². The van der Waals surface area contributed by atoms with E-state index in [0.717, 1.165) is 30.1 Å². The van der Waals surface area contributed by atoms with Gasteiger partial charge in [-0.25, -0.2) is 9.50 Å². The topological polar surface area (TPSA) is 68.7 Å². The molecule has 0 amide bonds. The number of ether oxygens (including phenoxy) is 1. The van der Waals surface area contributed by atoms with Crippen molar-refractivity contribution in [2.24, 2.45) is 5.73 Å². The van der Waals surface area contributed by atoms with Crippen LogP contribution in [0.25, 0.3) is 5.52 Å². The van der Waals surface area contributed by atoms with Gasteiger partial charge in [-0.3, -0.25) is 0 Å². The Morgan fingerprint density at radius 1 is 1.43 bits per heavy atom. The highest BCUT2D eigenvalue weighted by atomic mass is 16.5. The molecule has 0 bridgehead atoms. The highest BCUT2D eigenvalue weighted by Crippen LogP contribution is 2.25. The molecule has 1 fully saturated rings. The summed E-state index contributed by atoms with van der Waals surface area (Å²) in [6.07, 6.45) is 3.91. The number of hydrogen-bond donors (Lipinski definition) is 1. The van der Waals surface area contributed by atoms with E-state index < -0.39 is 0 Å². The predicted octanol–water partition coefficient (Wildman–Crippen LogP) is 1.41. The lowest BCUT2D eigenvalue weighted by molar-refractivity contribution is -0.0106. The second-order valence-electron chi connectivity index (χ2n) is 6.01. The summed E-state index contributed by atoms with van der Waals surface area (Å²) in [6, 6.07) is 2.13. The number of nitrogens with zero attached hydrogens (tertiary/aromatic N) is 4. The van der Waals surface area contributed by atoms with Gasteiger partial charge in [-0.2, -0.15) is 5.10 Å². The van der Waals surface area contributed by atoms with Crippen LogP contribution in [0.2, 0.25) is 0 Å². The Kier molecular flexibility index (Phi) is 3.82. The largest absolute Gasteiger partial charge is 0.370 e. The summed E-state index contributed by atoms with van der Waals surface area (Å²) in [5.74, 6) is 1.36. The van der Waals surface area contributed by atoms with Crippen LogP contribution in [0, 0.1) is 0 Å². The molecule has 2 aromatic rings. The van der Waals surface area contributed by atoms with Gasteiger partial charge in [-0.1, -0.05) is 13.8 Å². The van der Waals surface area contributed by atoms with Crippen molar-refractivity contribution in [1.29, 1.82) is 0 Å². The van der Waals surface area contributed by atoms with Crippen LogP contribution in [0.15, 0.2) is 18.5 Å². The quantitative estimate of drug-likeness (QED) is 0.925. The van der Waals surface area contributed by atoms with E-state index in [0.29, 0.717) is 12.5 Å². The fourth-order valence-electron chi connectivity index (χ4n) is 2.80. The molecule has 1 aliphatic rings. The van der Waals surface area contributed by atoms with Gasteiger partial charge in [0.25, 0.3) is 0 Å². The molecule has 114 valence electrons. The highest BCUT2D eigenvalue weighted by molar-refractivity contribution is 5.69. The van der Waals surface area contributed by atoms with Crippen LogP contribution in [0.4, 0.5) is 5.82 Å². The zero-order valence-corrected chi connectivity index (χ0v) is 12.9. The Labute approximate surface area is 124 Å². The Hall–Kier alpha value is -1.66. The molecule has 2 atom stereocenters. The monoisotopic (exact) mass is 289 g/mol. The van der Waals surface area contributed by atoms with Crippen LogP contribution in [-0.4, -0.2) is 46.4 Å². The summed E-state index contributed by atoms with van der Waals surface area (Å²) < 4.78 is 7.74. The van der Waals surface area contributed by atoms with Gasteiger partial charge in [0.1, 0.15) is 5.52 Å². The maximum Gasteiger partial charge on any atom is 0.154 e. The van der Waals surface area contributed by atoms with Crippen LogP contribution in [0.5, 0.6) is 0 Å². The van der Waals surface area contributed by atoms with E-state index in [4.69, 9.17) is 10.5 Å². The molecule has 1 aliphatic heterocycles. The van der Waals surface area contributed by atoms with Crippen molar-refractivity contribution in [2.75, 3.05) is 24.5 Å². The second-order valence-corrected chi connectivity index (χ2v) is 6.01. The minimum atomic E-state index is 0.0586. The van der Waals surface area contributed by atoms with Gasteiger partial charge in [0.05, 0.1) is 17.9 Å². The SMILES string of the molecule is CC1CN(c2nccn3nc(C(C)C)cc23)CC(CN)O1. The molecular weight excluding hydrogens is 266 g/mol. The fraction of sp³-hybridized carbons (Fsp3) is 0.600. The van der Waals surface area contributed by atoms with Gasteiger partial charge in [0, 0.05) is 32.0 Å². The summed E-state index contributed by atoms with van der Waals surface area (Å²) in [4.78, 5) is 6.83. The van der Waals surface area contributed by atoms with E-state index in [1.807, 2.05) is 10.7 Å². The molecule has 0 saturated carbocycles. The third-order valence-corrected chi connectivity index (χ3v) is 3.87. The summed E-state index contributed by atoms with van der Waals surface area (Å²) in [7, 11) is 0. The average molecular weight is 289 g/mol. The molecule has 0 aliphatic carbocycles. The van der Waals surface area contributed by atoms with Crippen molar-refractivity contribution in [3.63, 3.8) is 0 Å². The fourth-order valence-corrected chi connectivity index (χ4v) is 2.80. The first-order valence-corrected chi connectivity index (χ1v) is 7.53. The van der Waals surface area contributed by atoms with Crippen LogP contribution < -0.4 is 10.6 Å². The average Bonchev–Trinajstić information content (AvgIpc) is 2.90. The van der Waals surface area contributed by atoms with Crippen molar-refractivity contribution in [3.8, 4) is 0 Å². The molecule has 1 saturated heterocycles. The summed E-state index contributed by atoms with van der Waals surface area (Å²) >= 11 is 0. The van der Waals surface area contributed by atoms with E-state index in [-0.39, 0.29) is 12.2 Å². The van der Waals surface area contributed by atoms with Crippen molar-refractivity contribution in [2.45, 2.75) is 38.9 Å². The number of anilines is 1. The molecule has 0 spiro atoms. The minimum absolute atomic E-state index is 0.0586. The molecule has 0 radical (unpaired) electrons. The third kappa shape index (κ3) is 2.73. The van der Waals surface area contributed by atoms with Crippen LogP contribution in [0.1, 0.15) is 32.4 Å². The van der Waals surface area contributed by atoms with Crippen LogP contribution in [-0.2, 0) is 4.74 Å². The summed E-state index contributed by atoms with van der Waals surface area (Å²) in [5.41, 5.74) is 7.90. The Balaban J connectivity index is 1.99. The Morgan fingerprint density at radius 3 is 2.95 bits per heavy atom. The van der Waals surface area contributed by atoms with Gasteiger partial charge in [-0.05, 0) is 18.9 Å². The predicted molar refractivity (Wildman–Crippen MR) is 82.7 cm³/mol. The standard InChI is InChI=1S/C15H23N5O/c1-10(2)13-6-14-15(17-4-5-20(14)18-13)19-8-11(3)21-12(7-16)9-19/h4-6,10-12H,7-9,16H2,1-3H3. The van der Waals surface area contributed by atoms with Crippen molar-refractivity contribution < 1.29 is 4.74 Å². The lowest BCUT2D eigenvalue weighted by Crippen LogP contribution is -2.49. The third-order valence-electron chi connectivity index (χ3n) is 3.87. The van der Waals surface area contributed by atoms with Gasteiger partial charge >= 0.3 is 0 Å². The lowest BCUT2D eigenvalue weighted by atomic mass is 10.1. The van der Waals surface area contributed by atoms with Gasteiger partial charge < -0.3 is 15.4 Å². The number of aromatic nitrogens is 3. The van der Waals surface area contributed by atoms with Crippen LogP contribution in [0.3, 0.4) is 0 Å². The van der Waals surface area contributed by atoms with Crippen molar-refractivity contribution >= 4 is 11.3 Å². The van der Waals surface area contributed by atoms with Gasteiger partial charge in [-0.15, -0.1) is 0 Å². The van der Waals surface area contributed by atoms with Crippen molar-refractivity contribution in [3.05, 3.63) is 24.2 Å². The molecule has 2 unspecified atom stereocenters. The minimum Gasteiger partial charge on any atom is -0.370 e. The number of rotatable bonds is 3. The molecule has 0 aromatic carbocycles. The number of nitrogens with two attached hydrogens (primary N) is 1. The molecule has 2 aromatic heterocycles. The summed E-state index contributed by atoms with van der Waals surface area (Å²) in [5, 5.41) is 4.62. The first kappa shape index (κ1) is 14.3. The first-order valence-electron chi connectivity index (χ1n) is 7.53. The number of morpholine rings is 1. The normalized spacial score (nSPS) is 23.2. The van der Waals surface area contributed by atoms with E-state index in [9.17, 15) is 0 Å². The Bertz CT molecular complexity index is 624. The van der Waals surface area contributed by atoms with E-state index >= 15 is 0 Å². The highest BCUT2D eigenvalue weighted by Gasteiger charge is 2.26. The molecule has 3 rings (SSSR count). The zero-order chi connectivity index (χ0) is 15.0. The smallest absolute Gasteiger partial charge is 0.154 e. The molecular formula is C15H23N5O. The van der Waals surface area contributed by atoms with Gasteiger partial charge in [0.2, 0.25) is 0 Å². The molecule has 2 N–H and O–H groups in total. The molecule has 3 heterocycles. The van der Waals surface area contributed by atoms with Crippen molar-refractivity contribution in [1.82, 2.24) is 14.6 Å². The maximum absolute atomic E-state index is 5.83.